The van der Waals surface area contributed by atoms with Crippen molar-refractivity contribution in [2.75, 3.05) is 0 Å². The minimum Gasteiger partial charge on any atom is -0.481 e. The zero-order valence-corrected chi connectivity index (χ0v) is 18.2. The highest BCUT2D eigenvalue weighted by molar-refractivity contribution is 6.05. The number of benzene rings is 4. The van der Waals surface area contributed by atoms with Gasteiger partial charge in [-0.25, -0.2) is 0 Å². The molecule has 0 atom stereocenters. The second kappa shape index (κ2) is 9.13. The first-order chi connectivity index (χ1) is 16.3. The molecule has 1 aliphatic carbocycles. The van der Waals surface area contributed by atoms with Gasteiger partial charge in [0.2, 0.25) is 0 Å². The van der Waals surface area contributed by atoms with E-state index in [1.54, 1.807) is 6.08 Å². The van der Waals surface area contributed by atoms with Gasteiger partial charge in [-0.2, -0.15) is 0 Å². The highest BCUT2D eigenvalue weighted by Gasteiger charge is 2.40. The molecule has 5 rings (SSSR count). The molecule has 4 aromatic rings. The van der Waals surface area contributed by atoms with Crippen LogP contribution < -0.4 is 0 Å². The Bertz CT molecular complexity index is 1200. The van der Waals surface area contributed by atoms with Gasteiger partial charge in [0.15, 0.2) is 5.78 Å². The Morgan fingerprint density at radius 3 is 1.42 bits per heavy atom. The van der Waals surface area contributed by atoms with Crippen LogP contribution in [0.3, 0.4) is 0 Å². The maximum atomic E-state index is 13.8. The molecule has 0 saturated carbocycles. The Morgan fingerprint density at radius 2 is 1.00 bits per heavy atom. The Hall–Kier alpha value is -4.17. The normalized spacial score (nSPS) is 14.7. The maximum Gasteiger partial charge on any atom is 0.178 e. The first-order valence-electron chi connectivity index (χ1n) is 11.1. The van der Waals surface area contributed by atoms with Crippen LogP contribution in [0.4, 0.5) is 0 Å². The molecule has 0 heterocycles. The van der Waals surface area contributed by atoms with E-state index >= 15 is 0 Å². The van der Waals surface area contributed by atoms with Gasteiger partial charge in [0, 0.05) is 6.08 Å². The van der Waals surface area contributed by atoms with Gasteiger partial charge in [-0.1, -0.05) is 127 Å². The van der Waals surface area contributed by atoms with Gasteiger partial charge < -0.3 is 4.74 Å². The van der Waals surface area contributed by atoms with Crippen LogP contribution in [-0.2, 0) is 14.9 Å². The molecule has 0 amide bonds. The molecule has 0 N–H and O–H groups in total. The first-order valence-corrected chi connectivity index (χ1v) is 11.1. The van der Waals surface area contributed by atoms with E-state index in [0.717, 1.165) is 22.3 Å². The van der Waals surface area contributed by atoms with Crippen molar-refractivity contribution in [3.63, 3.8) is 0 Å². The summed E-state index contributed by atoms with van der Waals surface area (Å²) in [7, 11) is 0. The van der Waals surface area contributed by atoms with Crippen molar-refractivity contribution in [2.24, 2.45) is 0 Å². The van der Waals surface area contributed by atoms with Crippen LogP contribution in [-0.4, -0.2) is 5.78 Å². The molecule has 0 bridgehead atoms. The number of hydrogen-bond acceptors (Lipinski definition) is 2. The fourth-order valence-electron chi connectivity index (χ4n) is 4.42. The predicted molar refractivity (Wildman–Crippen MR) is 132 cm³/mol. The van der Waals surface area contributed by atoms with E-state index in [4.69, 9.17) is 4.74 Å². The van der Waals surface area contributed by atoms with Gasteiger partial charge in [-0.15, -0.1) is 0 Å². The van der Waals surface area contributed by atoms with Crippen molar-refractivity contribution in [2.45, 2.75) is 11.5 Å². The Balaban J connectivity index is 1.53. The largest absolute Gasteiger partial charge is 0.481 e. The number of allylic oxidation sites excluding steroid dienone is 3. The lowest BCUT2D eigenvalue weighted by molar-refractivity contribution is -0.117. The van der Waals surface area contributed by atoms with Crippen LogP contribution in [0.1, 0.15) is 28.4 Å². The summed E-state index contributed by atoms with van der Waals surface area (Å²) in [5.41, 5.74) is 3.08. The standard InChI is InChI=1S/C31H24O2/c32-29-23-28(33-30(24-13-5-1-6-14-24)25-15-7-2-8-16-25)21-22-31(29,26-17-9-3-10-18-26)27-19-11-4-12-20-27/h1-23,30H. The fraction of sp³-hybridized carbons (Fsp3) is 0.0645. The van der Waals surface area contributed by atoms with Gasteiger partial charge in [0.1, 0.15) is 17.3 Å². The average Bonchev–Trinajstić information content (AvgIpc) is 2.90. The summed E-state index contributed by atoms with van der Waals surface area (Å²) in [6.07, 6.45) is 5.23. The van der Waals surface area contributed by atoms with E-state index in [1.807, 2.05) is 133 Å². The minimum absolute atomic E-state index is 0.0164. The van der Waals surface area contributed by atoms with Crippen LogP contribution in [0.2, 0.25) is 0 Å². The Labute approximate surface area is 194 Å². The highest BCUT2D eigenvalue weighted by atomic mass is 16.5. The predicted octanol–water partition coefficient (Wildman–Crippen LogP) is 6.80. The minimum atomic E-state index is -0.871. The third kappa shape index (κ3) is 4.04. The molecule has 0 unspecified atom stereocenters. The number of hydrogen-bond donors (Lipinski definition) is 0. The molecule has 4 aromatic carbocycles. The topological polar surface area (TPSA) is 26.3 Å². The van der Waals surface area contributed by atoms with Crippen molar-refractivity contribution in [3.8, 4) is 0 Å². The molecule has 2 nitrogen and oxygen atoms in total. The second-order valence-electron chi connectivity index (χ2n) is 8.10. The Kier molecular flexibility index (Phi) is 5.73. The lowest BCUT2D eigenvalue weighted by Crippen LogP contribution is -2.36. The smallest absolute Gasteiger partial charge is 0.178 e. The van der Waals surface area contributed by atoms with Gasteiger partial charge in [-0.3, -0.25) is 4.79 Å². The lowest BCUT2D eigenvalue weighted by Gasteiger charge is -2.32. The number of carbonyl (C=O) groups is 1. The molecule has 0 spiro atoms. The molecule has 1 aliphatic rings. The summed E-state index contributed by atoms with van der Waals surface area (Å²) >= 11 is 0. The van der Waals surface area contributed by atoms with E-state index in [2.05, 4.69) is 0 Å². The summed E-state index contributed by atoms with van der Waals surface area (Å²) in [6, 6.07) is 40.0. The van der Waals surface area contributed by atoms with Crippen molar-refractivity contribution in [3.05, 3.63) is 168 Å². The molecule has 160 valence electrons. The zero-order valence-electron chi connectivity index (χ0n) is 18.2. The molecule has 0 radical (unpaired) electrons. The number of ether oxygens (including phenoxy) is 1. The molecule has 2 heteroatoms. The van der Waals surface area contributed by atoms with Crippen LogP contribution in [0.25, 0.3) is 0 Å². The van der Waals surface area contributed by atoms with Gasteiger partial charge in [0.25, 0.3) is 0 Å². The zero-order chi connectivity index (χ0) is 22.5. The molecule has 0 aliphatic heterocycles. The number of ketones is 1. The number of rotatable bonds is 6. The average molecular weight is 429 g/mol. The van der Waals surface area contributed by atoms with Gasteiger partial charge >= 0.3 is 0 Å². The number of carbonyl (C=O) groups excluding carboxylic acids is 1. The van der Waals surface area contributed by atoms with Crippen molar-refractivity contribution in [1.29, 1.82) is 0 Å². The summed E-state index contributed by atoms with van der Waals surface area (Å²) in [5, 5.41) is 0. The molecular formula is C31H24O2. The highest BCUT2D eigenvalue weighted by Crippen LogP contribution is 2.39. The van der Waals surface area contributed by atoms with Crippen LogP contribution in [0, 0.1) is 0 Å². The van der Waals surface area contributed by atoms with Gasteiger partial charge in [-0.05, 0) is 28.3 Å². The van der Waals surface area contributed by atoms with Crippen LogP contribution in [0.15, 0.2) is 145 Å². The van der Waals surface area contributed by atoms with Crippen molar-refractivity contribution < 1.29 is 9.53 Å². The molecule has 33 heavy (non-hydrogen) atoms. The monoisotopic (exact) mass is 428 g/mol. The Morgan fingerprint density at radius 1 is 0.576 bits per heavy atom. The third-order valence-corrected chi connectivity index (χ3v) is 6.08. The van der Waals surface area contributed by atoms with E-state index in [0.29, 0.717) is 5.76 Å². The molecule has 0 aromatic heterocycles. The SMILES string of the molecule is O=C1C=C(OC(c2ccccc2)c2ccccc2)C=CC1(c1ccccc1)c1ccccc1. The maximum absolute atomic E-state index is 13.8. The second-order valence-corrected chi connectivity index (χ2v) is 8.10. The van der Waals surface area contributed by atoms with E-state index in [1.165, 1.54) is 0 Å². The quantitative estimate of drug-likeness (QED) is 0.337. The summed E-state index contributed by atoms with van der Waals surface area (Å²) < 4.78 is 6.45. The van der Waals surface area contributed by atoms with E-state index in [9.17, 15) is 4.79 Å². The molecule has 0 saturated heterocycles. The fourth-order valence-corrected chi connectivity index (χ4v) is 4.42. The van der Waals surface area contributed by atoms with Gasteiger partial charge in [0.05, 0.1) is 0 Å². The summed E-state index contributed by atoms with van der Waals surface area (Å²) in [5.74, 6) is 0.539. The van der Waals surface area contributed by atoms with Crippen LogP contribution in [0.5, 0.6) is 0 Å². The molecule has 0 fully saturated rings. The lowest BCUT2D eigenvalue weighted by atomic mass is 9.69. The van der Waals surface area contributed by atoms with Crippen molar-refractivity contribution >= 4 is 5.78 Å². The molecular weight excluding hydrogens is 404 g/mol. The summed E-state index contributed by atoms with van der Waals surface area (Å²) in [4.78, 5) is 13.8. The van der Waals surface area contributed by atoms with Crippen LogP contribution >= 0.6 is 0 Å². The first kappa shape index (κ1) is 20.7. The van der Waals surface area contributed by atoms with E-state index in [-0.39, 0.29) is 11.9 Å². The van der Waals surface area contributed by atoms with Crippen molar-refractivity contribution in [1.82, 2.24) is 0 Å². The van der Waals surface area contributed by atoms with E-state index < -0.39 is 5.41 Å². The third-order valence-electron chi connectivity index (χ3n) is 6.08. The summed E-state index contributed by atoms with van der Waals surface area (Å²) in [6.45, 7) is 0.